The van der Waals surface area contributed by atoms with Gasteiger partial charge >= 0.3 is 5.97 Å². The number of aromatic carboxylic acids is 1. The van der Waals surface area contributed by atoms with Crippen molar-refractivity contribution < 1.29 is 22.8 Å². The number of sulfonamides is 1. The number of nitrogens with zero attached hydrogens (tertiary/aromatic N) is 1. The molecule has 0 bridgehead atoms. The molecule has 0 saturated carbocycles. The van der Waals surface area contributed by atoms with Gasteiger partial charge in [-0.25, -0.2) is 17.9 Å². The molecular weight excluding hydrogens is 280 g/mol. The zero-order valence-electron chi connectivity index (χ0n) is 8.86. The summed E-state index contributed by atoms with van der Waals surface area (Å²) in [7, 11) is -3.73. The van der Waals surface area contributed by atoms with E-state index in [0.717, 1.165) is 0 Å². The monoisotopic (exact) mass is 288 g/mol. The molecular formula is C9H8N2O5S2. The van der Waals surface area contributed by atoms with E-state index in [-0.39, 0.29) is 15.6 Å². The number of aromatic nitrogens is 1. The van der Waals surface area contributed by atoms with Crippen molar-refractivity contribution in [2.24, 2.45) is 0 Å². The minimum atomic E-state index is -3.73. The normalized spacial score (nSPS) is 11.6. The quantitative estimate of drug-likeness (QED) is 0.846. The molecule has 0 aromatic carbocycles. The Balaban J connectivity index is 2.12. The van der Waals surface area contributed by atoms with Crippen molar-refractivity contribution in [3.8, 4) is 0 Å². The zero-order valence-corrected chi connectivity index (χ0v) is 10.5. The minimum Gasteiger partial charge on any atom is -0.477 e. The van der Waals surface area contributed by atoms with Crippen molar-refractivity contribution in [1.82, 2.24) is 9.88 Å². The number of carboxylic acid groups (broad SMARTS) is 1. The summed E-state index contributed by atoms with van der Waals surface area (Å²) in [5.74, 6) is -0.787. The molecule has 0 aliphatic rings. The standard InChI is InChI=1S/C9H8N2O5S2/c12-9(13)7-1-2-8(17-7)18(14,15)11-5-6-3-4-10-16-6/h1-4,11H,5H2,(H,12,13). The third kappa shape index (κ3) is 2.75. The van der Waals surface area contributed by atoms with Gasteiger partial charge in [-0.1, -0.05) is 5.16 Å². The third-order valence-electron chi connectivity index (χ3n) is 1.98. The highest BCUT2D eigenvalue weighted by Gasteiger charge is 2.19. The van der Waals surface area contributed by atoms with Gasteiger partial charge in [0.2, 0.25) is 10.0 Å². The van der Waals surface area contributed by atoms with Crippen molar-refractivity contribution in [3.63, 3.8) is 0 Å². The second kappa shape index (κ2) is 4.88. The fourth-order valence-electron chi connectivity index (χ4n) is 1.15. The van der Waals surface area contributed by atoms with E-state index in [0.29, 0.717) is 17.1 Å². The van der Waals surface area contributed by atoms with Gasteiger partial charge < -0.3 is 9.63 Å². The molecule has 0 spiro atoms. The topological polar surface area (TPSA) is 110 Å². The van der Waals surface area contributed by atoms with Crippen LogP contribution in [0.2, 0.25) is 0 Å². The first-order valence-electron chi connectivity index (χ1n) is 4.71. The van der Waals surface area contributed by atoms with Crippen LogP contribution in [0.1, 0.15) is 15.4 Å². The highest BCUT2D eigenvalue weighted by molar-refractivity contribution is 7.91. The fourth-order valence-corrected chi connectivity index (χ4v) is 3.33. The molecule has 7 nitrogen and oxygen atoms in total. The van der Waals surface area contributed by atoms with Crippen molar-refractivity contribution in [1.29, 1.82) is 0 Å². The molecule has 0 fully saturated rings. The second-order valence-electron chi connectivity index (χ2n) is 3.23. The summed E-state index contributed by atoms with van der Waals surface area (Å²) in [6.45, 7) is -0.0390. The summed E-state index contributed by atoms with van der Waals surface area (Å²) in [5, 5.41) is 12.2. The first kappa shape index (κ1) is 12.7. The predicted molar refractivity (Wildman–Crippen MR) is 61.8 cm³/mol. The van der Waals surface area contributed by atoms with Crippen molar-refractivity contribution in [2.75, 3.05) is 0 Å². The molecule has 2 heterocycles. The molecule has 0 saturated heterocycles. The average Bonchev–Trinajstić information content (AvgIpc) is 2.98. The molecule has 0 aliphatic carbocycles. The van der Waals surface area contributed by atoms with Crippen LogP contribution in [-0.4, -0.2) is 24.7 Å². The van der Waals surface area contributed by atoms with E-state index in [9.17, 15) is 13.2 Å². The van der Waals surface area contributed by atoms with E-state index in [1.54, 1.807) is 0 Å². The Hall–Kier alpha value is -1.71. The van der Waals surface area contributed by atoms with Gasteiger partial charge in [0.1, 0.15) is 9.09 Å². The Morgan fingerprint density at radius 3 is 2.78 bits per heavy atom. The largest absolute Gasteiger partial charge is 0.477 e. The van der Waals surface area contributed by atoms with Crippen molar-refractivity contribution in [2.45, 2.75) is 10.8 Å². The van der Waals surface area contributed by atoms with Gasteiger partial charge in [0.25, 0.3) is 0 Å². The Labute approximate surface area is 106 Å². The van der Waals surface area contributed by atoms with Crippen LogP contribution in [0.15, 0.2) is 33.1 Å². The molecule has 0 radical (unpaired) electrons. The lowest BCUT2D eigenvalue weighted by molar-refractivity contribution is 0.0702. The lowest BCUT2D eigenvalue weighted by Gasteiger charge is -2.01. The predicted octanol–water partition coefficient (Wildman–Crippen LogP) is 0.913. The van der Waals surface area contributed by atoms with Gasteiger partial charge in [0.05, 0.1) is 12.7 Å². The summed E-state index contributed by atoms with van der Waals surface area (Å²) in [6.07, 6.45) is 1.40. The molecule has 2 N–H and O–H groups in total. The lowest BCUT2D eigenvalue weighted by atomic mass is 10.5. The van der Waals surface area contributed by atoms with Crippen molar-refractivity contribution >= 4 is 27.3 Å². The molecule has 0 unspecified atom stereocenters. The Kier molecular flexibility index (Phi) is 3.45. The molecule has 2 aromatic heterocycles. The maximum Gasteiger partial charge on any atom is 0.345 e. The van der Waals surface area contributed by atoms with E-state index in [1.165, 1.54) is 24.4 Å². The summed E-state index contributed by atoms with van der Waals surface area (Å²) in [5.41, 5.74) is 0. The van der Waals surface area contributed by atoms with Gasteiger partial charge in [0.15, 0.2) is 5.76 Å². The van der Waals surface area contributed by atoms with E-state index in [1.807, 2.05) is 0 Å². The Morgan fingerprint density at radius 2 is 2.22 bits per heavy atom. The van der Waals surface area contributed by atoms with Crippen LogP contribution in [-0.2, 0) is 16.6 Å². The lowest BCUT2D eigenvalue weighted by Crippen LogP contribution is -2.22. The number of rotatable bonds is 5. The molecule has 0 amide bonds. The summed E-state index contributed by atoms with van der Waals surface area (Å²) < 4.78 is 30.6. The maximum absolute atomic E-state index is 11.8. The van der Waals surface area contributed by atoms with Crippen LogP contribution < -0.4 is 4.72 Å². The van der Waals surface area contributed by atoms with Gasteiger partial charge in [-0.05, 0) is 12.1 Å². The van der Waals surface area contributed by atoms with Crippen LogP contribution in [0.25, 0.3) is 0 Å². The summed E-state index contributed by atoms with van der Waals surface area (Å²) in [4.78, 5) is 10.6. The number of nitrogens with one attached hydrogen (secondary N) is 1. The van der Waals surface area contributed by atoms with E-state index in [2.05, 4.69) is 9.88 Å². The molecule has 0 atom stereocenters. The van der Waals surface area contributed by atoms with Gasteiger partial charge in [-0.2, -0.15) is 0 Å². The van der Waals surface area contributed by atoms with Crippen LogP contribution in [0.3, 0.4) is 0 Å². The molecule has 96 valence electrons. The highest BCUT2D eigenvalue weighted by Crippen LogP contribution is 2.21. The van der Waals surface area contributed by atoms with Gasteiger partial charge in [-0.15, -0.1) is 11.3 Å². The van der Waals surface area contributed by atoms with Crippen LogP contribution in [0, 0.1) is 0 Å². The highest BCUT2D eigenvalue weighted by atomic mass is 32.2. The maximum atomic E-state index is 11.8. The van der Waals surface area contributed by atoms with Gasteiger partial charge in [0, 0.05) is 6.07 Å². The summed E-state index contributed by atoms with van der Waals surface area (Å²) >= 11 is 0.689. The first-order valence-corrected chi connectivity index (χ1v) is 7.01. The van der Waals surface area contributed by atoms with E-state index >= 15 is 0 Å². The van der Waals surface area contributed by atoms with Crippen LogP contribution >= 0.6 is 11.3 Å². The number of hydrogen-bond donors (Lipinski definition) is 2. The fraction of sp³-hybridized carbons (Fsp3) is 0.111. The second-order valence-corrected chi connectivity index (χ2v) is 6.30. The molecule has 9 heteroatoms. The Morgan fingerprint density at radius 1 is 1.44 bits per heavy atom. The molecule has 2 rings (SSSR count). The zero-order chi connectivity index (χ0) is 13.2. The smallest absolute Gasteiger partial charge is 0.345 e. The van der Waals surface area contributed by atoms with Crippen LogP contribution in [0.4, 0.5) is 0 Å². The number of thiophene rings is 1. The van der Waals surface area contributed by atoms with Gasteiger partial charge in [-0.3, -0.25) is 0 Å². The first-order chi connectivity index (χ1) is 8.49. The minimum absolute atomic E-state index is 0.0324. The third-order valence-corrected chi connectivity index (χ3v) is 4.95. The molecule has 0 aliphatic heterocycles. The number of carbonyl (C=O) groups is 1. The Bertz CT molecular complexity index is 644. The van der Waals surface area contributed by atoms with Crippen LogP contribution in [0.5, 0.6) is 0 Å². The SMILES string of the molecule is O=C(O)c1ccc(S(=O)(=O)NCc2ccno2)s1. The number of carboxylic acids is 1. The van der Waals surface area contributed by atoms with Crippen molar-refractivity contribution in [3.05, 3.63) is 35.0 Å². The summed E-state index contributed by atoms with van der Waals surface area (Å²) in [6, 6.07) is 4.02. The van der Waals surface area contributed by atoms with E-state index in [4.69, 9.17) is 9.63 Å². The van der Waals surface area contributed by atoms with E-state index < -0.39 is 16.0 Å². The number of hydrogen-bond acceptors (Lipinski definition) is 6. The average molecular weight is 288 g/mol. The molecule has 18 heavy (non-hydrogen) atoms. The molecule has 2 aromatic rings.